The lowest BCUT2D eigenvalue weighted by Crippen LogP contribution is -2.16. The van der Waals surface area contributed by atoms with E-state index in [-0.39, 0.29) is 24.0 Å². The fourth-order valence-electron chi connectivity index (χ4n) is 4.31. The first kappa shape index (κ1) is 20.9. The largest absolute Gasteiger partial charge is 0.490 e. The molecule has 1 saturated carbocycles. The zero-order valence-electron chi connectivity index (χ0n) is 17.5. The standard InChI is InChI=1S/C23H23ClN4O4/c1-31-11-18-23(30)28-17-10-26-22-19(20(17)27-18)15(9-25-22)21(29)14-7-6-13(8-16(14)24)32-12-4-2-3-5-12/h6-10,12,21,29H,2-5,11H2,1H3,(H,25,26)(H,28,30). The first-order chi connectivity index (χ1) is 15.5. The Balaban J connectivity index is 1.56. The molecule has 32 heavy (non-hydrogen) atoms. The maximum atomic E-state index is 12.2. The molecule has 1 aromatic carbocycles. The normalized spacial score (nSPS) is 15.6. The molecule has 3 heterocycles. The van der Waals surface area contributed by atoms with Crippen molar-refractivity contribution >= 4 is 33.7 Å². The summed E-state index contributed by atoms with van der Waals surface area (Å²) >= 11 is 6.54. The van der Waals surface area contributed by atoms with E-state index in [4.69, 9.17) is 21.1 Å². The van der Waals surface area contributed by atoms with Crippen LogP contribution in [0.15, 0.2) is 35.4 Å². The third-order valence-electron chi connectivity index (χ3n) is 5.91. The molecule has 0 spiro atoms. The number of pyridine rings is 1. The van der Waals surface area contributed by atoms with Gasteiger partial charge >= 0.3 is 0 Å². The monoisotopic (exact) mass is 454 g/mol. The third-order valence-corrected chi connectivity index (χ3v) is 6.24. The minimum atomic E-state index is -1.02. The Kier molecular flexibility index (Phi) is 5.58. The highest BCUT2D eigenvalue weighted by atomic mass is 35.5. The fraction of sp³-hybridized carbons (Fsp3) is 0.348. The average Bonchev–Trinajstić information content (AvgIpc) is 3.44. The summed E-state index contributed by atoms with van der Waals surface area (Å²) in [5.41, 5.74) is 2.57. The van der Waals surface area contributed by atoms with Crippen LogP contribution in [0.3, 0.4) is 0 Å². The molecule has 8 nitrogen and oxygen atoms in total. The van der Waals surface area contributed by atoms with Crippen molar-refractivity contribution in [3.05, 3.63) is 62.8 Å². The number of aromatic amines is 2. The van der Waals surface area contributed by atoms with Crippen molar-refractivity contribution in [1.82, 2.24) is 19.9 Å². The van der Waals surface area contributed by atoms with Gasteiger partial charge in [-0.2, -0.15) is 0 Å². The van der Waals surface area contributed by atoms with Gasteiger partial charge < -0.3 is 24.5 Å². The molecule has 0 aliphatic heterocycles. The number of nitrogens with zero attached hydrogens (tertiary/aromatic N) is 2. The molecule has 3 aromatic heterocycles. The molecule has 0 bridgehead atoms. The number of aromatic nitrogens is 4. The number of halogens is 1. The number of hydrogen-bond donors (Lipinski definition) is 3. The molecule has 1 fully saturated rings. The van der Waals surface area contributed by atoms with Crippen LogP contribution < -0.4 is 10.3 Å². The lowest BCUT2D eigenvalue weighted by atomic mass is 10.0. The van der Waals surface area contributed by atoms with Crippen LogP contribution in [0, 0.1) is 0 Å². The van der Waals surface area contributed by atoms with Gasteiger partial charge in [0.25, 0.3) is 5.56 Å². The second-order valence-electron chi connectivity index (χ2n) is 8.04. The van der Waals surface area contributed by atoms with Crippen LogP contribution in [0.25, 0.3) is 22.1 Å². The SMILES string of the molecule is COCc1nc2c(cnc3[nH]cc(C(O)c4ccc(OC5CCCC5)cc4Cl)c32)[nH]c1=O. The maximum Gasteiger partial charge on any atom is 0.272 e. The van der Waals surface area contributed by atoms with Gasteiger partial charge in [-0.15, -0.1) is 0 Å². The van der Waals surface area contributed by atoms with E-state index in [1.807, 2.05) is 6.07 Å². The second kappa shape index (κ2) is 8.54. The Hall–Kier alpha value is -2.94. The van der Waals surface area contributed by atoms with Gasteiger partial charge in [0.05, 0.1) is 34.8 Å². The van der Waals surface area contributed by atoms with E-state index < -0.39 is 6.10 Å². The minimum absolute atomic E-state index is 0.0751. The van der Waals surface area contributed by atoms with E-state index in [2.05, 4.69) is 19.9 Å². The van der Waals surface area contributed by atoms with E-state index in [0.29, 0.717) is 44.0 Å². The first-order valence-corrected chi connectivity index (χ1v) is 10.9. The van der Waals surface area contributed by atoms with E-state index in [9.17, 15) is 9.90 Å². The Morgan fingerprint density at radius 3 is 2.84 bits per heavy atom. The maximum absolute atomic E-state index is 12.2. The number of ether oxygens (including phenoxy) is 2. The molecule has 1 aliphatic carbocycles. The molecule has 1 unspecified atom stereocenters. The van der Waals surface area contributed by atoms with Crippen LogP contribution in [0.1, 0.15) is 48.6 Å². The highest BCUT2D eigenvalue weighted by Gasteiger charge is 2.23. The zero-order chi connectivity index (χ0) is 22.2. The Bertz CT molecular complexity index is 1340. The summed E-state index contributed by atoms with van der Waals surface area (Å²) in [6.07, 6.45) is 6.90. The number of nitrogens with one attached hydrogen (secondary N) is 2. The van der Waals surface area contributed by atoms with Gasteiger partial charge in [-0.1, -0.05) is 17.7 Å². The molecule has 0 radical (unpaired) electrons. The molecule has 1 atom stereocenters. The summed E-state index contributed by atoms with van der Waals surface area (Å²) in [7, 11) is 1.50. The fourth-order valence-corrected chi connectivity index (χ4v) is 4.58. The summed E-state index contributed by atoms with van der Waals surface area (Å²) in [6, 6.07) is 5.36. The molecule has 3 N–H and O–H groups in total. The van der Waals surface area contributed by atoms with Gasteiger partial charge in [-0.05, 0) is 37.8 Å². The number of H-pyrrole nitrogens is 2. The summed E-state index contributed by atoms with van der Waals surface area (Å²) < 4.78 is 11.1. The first-order valence-electron chi connectivity index (χ1n) is 10.6. The summed E-state index contributed by atoms with van der Waals surface area (Å²) in [5, 5.41) is 12.3. The van der Waals surface area contributed by atoms with Gasteiger partial charge in [-0.25, -0.2) is 9.97 Å². The average molecular weight is 455 g/mol. The molecule has 5 rings (SSSR count). The number of hydrogen-bond acceptors (Lipinski definition) is 6. The molecular formula is C23H23ClN4O4. The Labute approximate surface area is 188 Å². The highest BCUT2D eigenvalue weighted by Crippen LogP contribution is 2.36. The summed E-state index contributed by atoms with van der Waals surface area (Å²) in [6.45, 7) is 0.0751. The van der Waals surface area contributed by atoms with Crippen LogP contribution >= 0.6 is 11.6 Å². The van der Waals surface area contributed by atoms with Crippen molar-refractivity contribution in [2.24, 2.45) is 0 Å². The minimum Gasteiger partial charge on any atom is -0.490 e. The van der Waals surface area contributed by atoms with Crippen molar-refractivity contribution in [3.8, 4) is 5.75 Å². The van der Waals surface area contributed by atoms with Gasteiger partial charge in [0.15, 0.2) is 0 Å². The lowest BCUT2D eigenvalue weighted by molar-refractivity contribution is 0.180. The number of aliphatic hydroxyl groups is 1. The second-order valence-corrected chi connectivity index (χ2v) is 8.45. The molecule has 9 heteroatoms. The van der Waals surface area contributed by atoms with Crippen molar-refractivity contribution in [2.45, 2.75) is 44.5 Å². The van der Waals surface area contributed by atoms with Gasteiger partial charge in [-0.3, -0.25) is 4.79 Å². The molecule has 0 saturated heterocycles. The lowest BCUT2D eigenvalue weighted by Gasteiger charge is -2.16. The van der Waals surface area contributed by atoms with E-state index in [1.54, 1.807) is 18.3 Å². The zero-order valence-corrected chi connectivity index (χ0v) is 18.3. The van der Waals surface area contributed by atoms with Crippen LogP contribution in [0.4, 0.5) is 0 Å². The third kappa shape index (κ3) is 3.74. The van der Waals surface area contributed by atoms with E-state index >= 15 is 0 Å². The van der Waals surface area contributed by atoms with Crippen LogP contribution in [-0.2, 0) is 11.3 Å². The predicted octanol–water partition coefficient (Wildman–Crippen LogP) is 4.00. The van der Waals surface area contributed by atoms with Gasteiger partial charge in [0, 0.05) is 24.4 Å². The number of methoxy groups -OCH3 is 1. The Morgan fingerprint density at radius 2 is 2.09 bits per heavy atom. The molecule has 0 amide bonds. The van der Waals surface area contributed by atoms with Crippen molar-refractivity contribution < 1.29 is 14.6 Å². The number of benzene rings is 1. The van der Waals surface area contributed by atoms with Gasteiger partial charge in [0.2, 0.25) is 0 Å². The Morgan fingerprint density at radius 1 is 1.28 bits per heavy atom. The van der Waals surface area contributed by atoms with Gasteiger partial charge in [0.1, 0.15) is 28.7 Å². The van der Waals surface area contributed by atoms with Crippen molar-refractivity contribution in [1.29, 1.82) is 0 Å². The van der Waals surface area contributed by atoms with E-state index in [1.165, 1.54) is 26.1 Å². The van der Waals surface area contributed by atoms with E-state index in [0.717, 1.165) is 12.8 Å². The predicted molar refractivity (Wildman–Crippen MR) is 121 cm³/mol. The molecule has 166 valence electrons. The smallest absolute Gasteiger partial charge is 0.272 e. The topological polar surface area (TPSA) is 113 Å². The molecule has 1 aliphatic rings. The molecular weight excluding hydrogens is 432 g/mol. The quantitative estimate of drug-likeness (QED) is 0.406. The van der Waals surface area contributed by atoms with Crippen LogP contribution in [0.2, 0.25) is 5.02 Å². The number of rotatable bonds is 6. The summed E-state index contributed by atoms with van der Waals surface area (Å²) in [5.74, 6) is 0.701. The molecule has 4 aromatic rings. The summed E-state index contributed by atoms with van der Waals surface area (Å²) in [4.78, 5) is 26.9. The number of aliphatic hydroxyl groups excluding tert-OH is 1. The van der Waals surface area contributed by atoms with Crippen molar-refractivity contribution in [3.63, 3.8) is 0 Å². The van der Waals surface area contributed by atoms with Crippen LogP contribution in [-0.4, -0.2) is 38.3 Å². The van der Waals surface area contributed by atoms with Crippen molar-refractivity contribution in [2.75, 3.05) is 7.11 Å². The number of fused-ring (bicyclic) bond motifs is 3. The van der Waals surface area contributed by atoms with Crippen LogP contribution in [0.5, 0.6) is 5.75 Å². The highest BCUT2D eigenvalue weighted by molar-refractivity contribution is 6.31.